The molecule has 0 saturated heterocycles. The second kappa shape index (κ2) is 7.70. The molecule has 0 aromatic carbocycles. The first kappa shape index (κ1) is 21.4. The number of aliphatic hydroxyl groups is 1. The summed E-state index contributed by atoms with van der Waals surface area (Å²) < 4.78 is 0. The summed E-state index contributed by atoms with van der Waals surface area (Å²) in [5.41, 5.74) is 4.07. The van der Waals surface area contributed by atoms with Crippen molar-refractivity contribution in [2.24, 2.45) is 46.3 Å². The van der Waals surface area contributed by atoms with E-state index in [1.807, 2.05) is 0 Å². The van der Waals surface area contributed by atoms with Crippen molar-refractivity contribution >= 4 is 0 Å². The van der Waals surface area contributed by atoms with Gasteiger partial charge in [0.2, 0.25) is 0 Å². The maximum absolute atomic E-state index is 10.2. The summed E-state index contributed by atoms with van der Waals surface area (Å²) in [5.74, 6) is 4.38. The fourth-order valence-electron chi connectivity index (χ4n) is 7.59. The minimum Gasteiger partial charge on any atom is -0.393 e. The third-order valence-corrected chi connectivity index (χ3v) is 10.0. The Hall–Kier alpha value is -0.820. The fourth-order valence-corrected chi connectivity index (χ4v) is 7.59. The highest BCUT2D eigenvalue weighted by molar-refractivity contribution is 5.39. The van der Waals surface area contributed by atoms with Gasteiger partial charge in [0, 0.05) is 0 Å². The molecule has 0 radical (unpaired) electrons. The highest BCUT2D eigenvalue weighted by atomic mass is 16.3. The first-order chi connectivity index (χ1) is 13.7. The minimum atomic E-state index is -0.116. The van der Waals surface area contributed by atoms with Gasteiger partial charge in [-0.25, -0.2) is 0 Å². The zero-order chi connectivity index (χ0) is 21.0. The number of hydrogen-bond acceptors (Lipinski definition) is 1. The van der Waals surface area contributed by atoms with Gasteiger partial charge in [0.15, 0.2) is 0 Å². The average Bonchev–Trinajstić information content (AvgIpc) is 3.03. The molecular formula is C28H44O. The zero-order valence-electron chi connectivity index (χ0n) is 19.7. The van der Waals surface area contributed by atoms with E-state index in [-0.39, 0.29) is 6.10 Å². The molecule has 1 N–H and O–H groups in total. The van der Waals surface area contributed by atoms with Crippen molar-refractivity contribution in [1.82, 2.24) is 0 Å². The smallest absolute Gasteiger partial charge is 0.0578 e. The van der Waals surface area contributed by atoms with Gasteiger partial charge in [0.25, 0.3) is 0 Å². The molecule has 4 rings (SSSR count). The Morgan fingerprint density at radius 2 is 1.69 bits per heavy atom. The van der Waals surface area contributed by atoms with Crippen LogP contribution in [0.1, 0.15) is 86.5 Å². The molecular weight excluding hydrogens is 352 g/mol. The van der Waals surface area contributed by atoms with Crippen molar-refractivity contribution in [2.75, 3.05) is 0 Å². The van der Waals surface area contributed by atoms with E-state index in [2.05, 4.69) is 65.8 Å². The third-order valence-electron chi connectivity index (χ3n) is 10.0. The molecule has 162 valence electrons. The van der Waals surface area contributed by atoms with Crippen molar-refractivity contribution < 1.29 is 5.11 Å². The summed E-state index contributed by atoms with van der Waals surface area (Å²) in [7, 11) is 0. The van der Waals surface area contributed by atoms with Gasteiger partial charge < -0.3 is 5.11 Å². The first-order valence-corrected chi connectivity index (χ1v) is 12.4. The number of rotatable bonds is 4. The second-order valence-electron chi connectivity index (χ2n) is 11.9. The van der Waals surface area contributed by atoms with Crippen LogP contribution in [-0.2, 0) is 0 Å². The van der Waals surface area contributed by atoms with Crippen LogP contribution < -0.4 is 0 Å². The molecule has 0 aromatic heterocycles. The van der Waals surface area contributed by atoms with E-state index in [0.29, 0.717) is 22.7 Å². The largest absolute Gasteiger partial charge is 0.393 e. The number of hydrogen-bond donors (Lipinski definition) is 1. The Labute approximate surface area is 179 Å². The molecule has 8 atom stereocenters. The van der Waals surface area contributed by atoms with E-state index in [9.17, 15) is 5.11 Å². The summed E-state index contributed by atoms with van der Waals surface area (Å²) in [6, 6.07) is 0. The van der Waals surface area contributed by atoms with Crippen molar-refractivity contribution in [3.8, 4) is 0 Å². The van der Waals surface area contributed by atoms with E-state index < -0.39 is 0 Å². The van der Waals surface area contributed by atoms with Crippen molar-refractivity contribution in [2.45, 2.75) is 92.6 Å². The monoisotopic (exact) mass is 396 g/mol. The Kier molecular flexibility index (Phi) is 5.69. The minimum absolute atomic E-state index is 0.116. The maximum Gasteiger partial charge on any atom is 0.0578 e. The zero-order valence-corrected chi connectivity index (χ0v) is 19.7. The SMILES string of the molecule is CC(C)C(C)/C=C/[C@@H](C)[C@H]1CC[C@H]2C3=CC=C4C[C@@H](O)CC[C@]4(C)[C@H]3CC[C@]12C. The molecule has 0 bridgehead atoms. The van der Waals surface area contributed by atoms with Crippen LogP contribution in [0.2, 0.25) is 0 Å². The van der Waals surface area contributed by atoms with Crippen LogP contribution in [-0.4, -0.2) is 11.2 Å². The molecule has 0 aromatic rings. The lowest BCUT2D eigenvalue weighted by Crippen LogP contribution is -2.46. The number of allylic oxidation sites excluding steroid dienone is 5. The lowest BCUT2D eigenvalue weighted by Gasteiger charge is -2.55. The summed E-state index contributed by atoms with van der Waals surface area (Å²) in [5, 5.41) is 10.2. The van der Waals surface area contributed by atoms with Gasteiger partial charge in [-0.05, 0) is 91.3 Å². The van der Waals surface area contributed by atoms with Gasteiger partial charge in [-0.2, -0.15) is 0 Å². The molecule has 1 heteroatoms. The lowest BCUT2D eigenvalue weighted by atomic mass is 9.50. The molecule has 0 amide bonds. The van der Waals surface area contributed by atoms with Gasteiger partial charge >= 0.3 is 0 Å². The van der Waals surface area contributed by atoms with Crippen molar-refractivity contribution in [1.29, 1.82) is 0 Å². The highest BCUT2D eigenvalue weighted by Gasteiger charge is 2.56. The van der Waals surface area contributed by atoms with Crippen LogP contribution in [0.5, 0.6) is 0 Å². The molecule has 29 heavy (non-hydrogen) atoms. The molecule has 1 unspecified atom stereocenters. The van der Waals surface area contributed by atoms with Crippen LogP contribution in [0.25, 0.3) is 0 Å². The van der Waals surface area contributed by atoms with E-state index in [0.717, 1.165) is 36.5 Å². The summed E-state index contributed by atoms with van der Waals surface area (Å²) in [6.45, 7) is 14.6. The van der Waals surface area contributed by atoms with Crippen LogP contribution in [0.15, 0.2) is 35.5 Å². The van der Waals surface area contributed by atoms with Gasteiger partial charge in [0.05, 0.1) is 6.10 Å². The topological polar surface area (TPSA) is 20.2 Å². The van der Waals surface area contributed by atoms with E-state index in [1.165, 1.54) is 37.7 Å². The van der Waals surface area contributed by atoms with Gasteiger partial charge in [-0.15, -0.1) is 0 Å². The standard InChI is InChI=1S/C28H44O/c1-18(2)19(3)7-8-20(4)24-11-12-25-23-10-9-21-17-22(29)13-15-27(21,5)26(23)14-16-28(24,25)6/h7-10,18-20,22,24-26,29H,11-17H2,1-6H3/b8-7+/t19?,20-,22+,24-,25+,26+,27+,28-/m1/s1. The lowest BCUT2D eigenvalue weighted by molar-refractivity contribution is 0.0382. The molecule has 1 nitrogen and oxygen atoms in total. The molecule has 0 spiro atoms. The predicted molar refractivity (Wildman–Crippen MR) is 123 cm³/mol. The van der Waals surface area contributed by atoms with E-state index in [4.69, 9.17) is 0 Å². The fraction of sp³-hybridized carbons (Fsp3) is 0.786. The second-order valence-corrected chi connectivity index (χ2v) is 11.9. The quantitative estimate of drug-likeness (QED) is 0.493. The molecule has 4 aliphatic rings. The highest BCUT2D eigenvalue weighted by Crippen LogP contribution is 2.65. The Morgan fingerprint density at radius 3 is 2.41 bits per heavy atom. The third kappa shape index (κ3) is 3.50. The number of fused-ring (bicyclic) bond motifs is 5. The molecule has 4 aliphatic carbocycles. The van der Waals surface area contributed by atoms with Crippen LogP contribution in [0.4, 0.5) is 0 Å². The normalized spacial score (nSPS) is 44.0. The summed E-state index contributed by atoms with van der Waals surface area (Å²) in [6.07, 6.45) is 18.4. The van der Waals surface area contributed by atoms with E-state index in [1.54, 1.807) is 5.57 Å². The predicted octanol–water partition coefficient (Wildman–Crippen LogP) is 7.33. The molecule has 3 saturated carbocycles. The van der Waals surface area contributed by atoms with Crippen LogP contribution in [0.3, 0.4) is 0 Å². The maximum atomic E-state index is 10.2. The summed E-state index contributed by atoms with van der Waals surface area (Å²) >= 11 is 0. The molecule has 3 fully saturated rings. The van der Waals surface area contributed by atoms with Crippen molar-refractivity contribution in [3.05, 3.63) is 35.5 Å². The van der Waals surface area contributed by atoms with Crippen LogP contribution in [0, 0.1) is 46.3 Å². The van der Waals surface area contributed by atoms with E-state index >= 15 is 0 Å². The summed E-state index contributed by atoms with van der Waals surface area (Å²) in [4.78, 5) is 0. The van der Waals surface area contributed by atoms with Gasteiger partial charge in [-0.1, -0.05) is 77.0 Å². The van der Waals surface area contributed by atoms with Gasteiger partial charge in [-0.3, -0.25) is 0 Å². The molecule has 0 heterocycles. The first-order valence-electron chi connectivity index (χ1n) is 12.4. The Morgan fingerprint density at radius 1 is 0.931 bits per heavy atom. The van der Waals surface area contributed by atoms with Crippen LogP contribution >= 0.6 is 0 Å². The van der Waals surface area contributed by atoms with Crippen molar-refractivity contribution in [3.63, 3.8) is 0 Å². The Bertz CT molecular complexity index is 712. The average molecular weight is 397 g/mol. The Balaban J connectivity index is 1.57. The number of aliphatic hydroxyl groups excluding tert-OH is 1. The van der Waals surface area contributed by atoms with Gasteiger partial charge in [0.1, 0.15) is 0 Å². The molecule has 0 aliphatic heterocycles.